The summed E-state index contributed by atoms with van der Waals surface area (Å²) in [4.78, 5) is 0. The number of aryl methyl sites for hydroxylation is 1. The predicted molar refractivity (Wildman–Crippen MR) is 76.0 cm³/mol. The summed E-state index contributed by atoms with van der Waals surface area (Å²) in [6.07, 6.45) is -1.30. The van der Waals surface area contributed by atoms with Crippen molar-refractivity contribution in [2.45, 2.75) is 13.0 Å². The average Bonchev–Trinajstić information content (AvgIpc) is 2.37. The van der Waals surface area contributed by atoms with Crippen molar-refractivity contribution in [1.82, 2.24) is 0 Å². The zero-order valence-corrected chi connectivity index (χ0v) is 11.6. The molecule has 0 aromatic heterocycles. The molecule has 0 heterocycles. The molecule has 0 aliphatic heterocycles. The highest BCUT2D eigenvalue weighted by Gasteiger charge is 2.17. The maximum absolute atomic E-state index is 13.5. The third-order valence-corrected chi connectivity index (χ3v) is 3.26. The van der Waals surface area contributed by atoms with Gasteiger partial charge in [-0.2, -0.15) is 0 Å². The zero-order valence-electron chi connectivity index (χ0n) is 10.8. The minimum atomic E-state index is -1.30. The fourth-order valence-electron chi connectivity index (χ4n) is 1.90. The summed E-state index contributed by atoms with van der Waals surface area (Å²) in [5, 5.41) is 13.3. The third kappa shape index (κ3) is 3.26. The number of aliphatic hydroxyl groups is 1. The van der Waals surface area contributed by atoms with E-state index in [2.05, 4.69) is 5.32 Å². The van der Waals surface area contributed by atoms with E-state index >= 15 is 0 Å². The lowest BCUT2D eigenvalue weighted by molar-refractivity contribution is 0.181. The Kier molecular flexibility index (Phi) is 4.57. The van der Waals surface area contributed by atoms with E-state index in [1.165, 1.54) is 6.07 Å². The van der Waals surface area contributed by atoms with E-state index < -0.39 is 17.7 Å². The second kappa shape index (κ2) is 6.20. The highest BCUT2D eigenvalue weighted by Crippen LogP contribution is 2.25. The molecule has 0 radical (unpaired) electrons. The molecule has 0 fully saturated rings. The van der Waals surface area contributed by atoms with Crippen LogP contribution < -0.4 is 5.32 Å². The summed E-state index contributed by atoms with van der Waals surface area (Å²) < 4.78 is 27.0. The Labute approximate surface area is 121 Å². The summed E-state index contributed by atoms with van der Waals surface area (Å²) in [5.41, 5.74) is 1.26. The first-order valence-electron chi connectivity index (χ1n) is 6.11. The van der Waals surface area contributed by atoms with Crippen molar-refractivity contribution < 1.29 is 13.9 Å². The Hall–Kier alpha value is -1.65. The Bertz CT molecular complexity index is 599. The van der Waals surface area contributed by atoms with Crippen LogP contribution in [0.4, 0.5) is 14.5 Å². The van der Waals surface area contributed by atoms with Crippen molar-refractivity contribution in [2.24, 2.45) is 0 Å². The first-order valence-corrected chi connectivity index (χ1v) is 6.49. The molecule has 2 aromatic carbocycles. The summed E-state index contributed by atoms with van der Waals surface area (Å²) >= 11 is 6.03. The van der Waals surface area contributed by atoms with Crippen LogP contribution >= 0.6 is 11.6 Å². The monoisotopic (exact) mass is 297 g/mol. The number of benzene rings is 2. The molecule has 2 nitrogen and oxygen atoms in total. The van der Waals surface area contributed by atoms with E-state index in [4.69, 9.17) is 11.6 Å². The van der Waals surface area contributed by atoms with Crippen LogP contribution in [-0.2, 0) is 0 Å². The van der Waals surface area contributed by atoms with Gasteiger partial charge < -0.3 is 10.4 Å². The fourth-order valence-corrected chi connectivity index (χ4v) is 2.20. The van der Waals surface area contributed by atoms with Crippen LogP contribution in [0.15, 0.2) is 36.4 Å². The van der Waals surface area contributed by atoms with E-state index in [1.807, 2.05) is 13.0 Å². The van der Waals surface area contributed by atoms with Crippen LogP contribution in [0.3, 0.4) is 0 Å². The number of rotatable bonds is 4. The molecule has 2 aromatic rings. The van der Waals surface area contributed by atoms with Crippen molar-refractivity contribution in [1.29, 1.82) is 0 Å². The topological polar surface area (TPSA) is 32.3 Å². The van der Waals surface area contributed by atoms with Gasteiger partial charge in [0, 0.05) is 6.54 Å². The van der Waals surface area contributed by atoms with Gasteiger partial charge in [0.05, 0.1) is 16.3 Å². The maximum atomic E-state index is 13.5. The number of hydrogen-bond acceptors (Lipinski definition) is 2. The number of aliphatic hydroxyl groups excluding tert-OH is 1. The molecular weight excluding hydrogens is 284 g/mol. The molecule has 5 heteroatoms. The van der Waals surface area contributed by atoms with Gasteiger partial charge in [-0.1, -0.05) is 23.7 Å². The maximum Gasteiger partial charge on any atom is 0.132 e. The third-order valence-electron chi connectivity index (χ3n) is 2.94. The number of anilines is 1. The van der Waals surface area contributed by atoms with Crippen molar-refractivity contribution in [3.8, 4) is 0 Å². The van der Waals surface area contributed by atoms with Gasteiger partial charge in [0.25, 0.3) is 0 Å². The number of hydrogen-bond donors (Lipinski definition) is 2. The lowest BCUT2D eigenvalue weighted by Crippen LogP contribution is -2.15. The highest BCUT2D eigenvalue weighted by atomic mass is 35.5. The molecule has 0 amide bonds. The normalized spacial score (nSPS) is 12.2. The molecule has 0 spiro atoms. The standard InChI is InChI=1S/C15H14ClF2NO/c1-9-5-6-13(10(16)7-9)19-8-14(20)15-11(17)3-2-4-12(15)18/h2-7,14,19-20H,8H2,1H3. The SMILES string of the molecule is Cc1ccc(NCC(O)c2c(F)cccc2F)c(Cl)c1. The average molecular weight is 298 g/mol. The Morgan fingerprint density at radius 3 is 2.45 bits per heavy atom. The zero-order chi connectivity index (χ0) is 14.7. The van der Waals surface area contributed by atoms with E-state index in [-0.39, 0.29) is 12.1 Å². The minimum Gasteiger partial charge on any atom is -0.386 e. The fraction of sp³-hybridized carbons (Fsp3) is 0.200. The Morgan fingerprint density at radius 2 is 1.85 bits per heavy atom. The summed E-state index contributed by atoms with van der Waals surface area (Å²) in [7, 11) is 0. The highest BCUT2D eigenvalue weighted by molar-refractivity contribution is 6.33. The minimum absolute atomic E-state index is 0.0410. The molecular formula is C15H14ClF2NO. The van der Waals surface area contributed by atoms with Crippen LogP contribution in [0.5, 0.6) is 0 Å². The van der Waals surface area contributed by atoms with Gasteiger partial charge in [-0.3, -0.25) is 0 Å². The van der Waals surface area contributed by atoms with Crippen LogP contribution in [0.2, 0.25) is 5.02 Å². The van der Waals surface area contributed by atoms with Crippen molar-refractivity contribution in [3.05, 3.63) is 64.2 Å². The van der Waals surface area contributed by atoms with Gasteiger partial charge in [0.2, 0.25) is 0 Å². The van der Waals surface area contributed by atoms with Crippen molar-refractivity contribution in [2.75, 3.05) is 11.9 Å². The molecule has 0 bridgehead atoms. The van der Waals surface area contributed by atoms with Gasteiger partial charge in [-0.15, -0.1) is 0 Å². The molecule has 106 valence electrons. The van der Waals surface area contributed by atoms with Gasteiger partial charge in [-0.05, 0) is 36.8 Å². The lowest BCUT2D eigenvalue weighted by Gasteiger charge is -2.15. The smallest absolute Gasteiger partial charge is 0.132 e. The van der Waals surface area contributed by atoms with Gasteiger partial charge in [-0.25, -0.2) is 8.78 Å². The quantitative estimate of drug-likeness (QED) is 0.891. The van der Waals surface area contributed by atoms with Crippen LogP contribution in [0.1, 0.15) is 17.2 Å². The van der Waals surface area contributed by atoms with Gasteiger partial charge in [0.15, 0.2) is 0 Å². The van der Waals surface area contributed by atoms with E-state index in [0.29, 0.717) is 10.7 Å². The number of nitrogens with one attached hydrogen (secondary N) is 1. The molecule has 20 heavy (non-hydrogen) atoms. The van der Waals surface area contributed by atoms with Crippen molar-refractivity contribution in [3.63, 3.8) is 0 Å². The van der Waals surface area contributed by atoms with Gasteiger partial charge >= 0.3 is 0 Å². The Morgan fingerprint density at radius 1 is 1.20 bits per heavy atom. The van der Waals surface area contributed by atoms with Crippen molar-refractivity contribution >= 4 is 17.3 Å². The lowest BCUT2D eigenvalue weighted by atomic mass is 10.1. The van der Waals surface area contributed by atoms with E-state index in [1.54, 1.807) is 12.1 Å². The molecule has 0 saturated heterocycles. The van der Waals surface area contributed by atoms with Crippen LogP contribution in [0.25, 0.3) is 0 Å². The molecule has 1 unspecified atom stereocenters. The van der Waals surface area contributed by atoms with Crippen LogP contribution in [0, 0.1) is 18.6 Å². The molecule has 0 aliphatic carbocycles. The largest absolute Gasteiger partial charge is 0.386 e. The van der Waals surface area contributed by atoms with Gasteiger partial charge in [0.1, 0.15) is 17.7 Å². The second-order valence-electron chi connectivity index (χ2n) is 4.52. The number of halogens is 3. The van der Waals surface area contributed by atoms with E-state index in [9.17, 15) is 13.9 Å². The molecule has 0 saturated carbocycles. The summed E-state index contributed by atoms with van der Waals surface area (Å²) in [6.45, 7) is 1.86. The second-order valence-corrected chi connectivity index (χ2v) is 4.92. The molecule has 2 rings (SSSR count). The summed E-state index contributed by atoms with van der Waals surface area (Å²) in [6, 6.07) is 8.85. The molecule has 0 aliphatic rings. The first kappa shape index (κ1) is 14.8. The molecule has 1 atom stereocenters. The molecule has 2 N–H and O–H groups in total. The van der Waals surface area contributed by atoms with E-state index in [0.717, 1.165) is 17.7 Å². The predicted octanol–water partition coefficient (Wildman–Crippen LogP) is 4.07. The summed E-state index contributed by atoms with van der Waals surface area (Å²) in [5.74, 6) is -1.54. The first-order chi connectivity index (χ1) is 9.49. The Balaban J connectivity index is 2.11. The van der Waals surface area contributed by atoms with Crippen LogP contribution in [-0.4, -0.2) is 11.7 Å².